The summed E-state index contributed by atoms with van der Waals surface area (Å²) in [4.78, 5) is 4.88. The van der Waals surface area contributed by atoms with E-state index in [2.05, 4.69) is 92.2 Å². The minimum atomic E-state index is -0.00601. The van der Waals surface area contributed by atoms with Crippen LogP contribution in [0.15, 0.2) is 73.1 Å². The minimum Gasteiger partial charge on any atom is -0.335 e. The van der Waals surface area contributed by atoms with Crippen molar-refractivity contribution >= 4 is 0 Å². The van der Waals surface area contributed by atoms with Gasteiger partial charge in [0.25, 0.3) is 0 Å². The van der Waals surface area contributed by atoms with Crippen molar-refractivity contribution in [2.24, 2.45) is 0 Å². The lowest BCUT2D eigenvalue weighted by molar-refractivity contribution is 0.328. The van der Waals surface area contributed by atoms with E-state index in [4.69, 9.17) is 4.98 Å². The number of hydrogen-bond acceptors (Lipinski definition) is 1. The van der Waals surface area contributed by atoms with Gasteiger partial charge in [0.2, 0.25) is 0 Å². The van der Waals surface area contributed by atoms with Crippen LogP contribution in [0.3, 0.4) is 0 Å². The molecule has 2 atom stereocenters. The monoisotopic (exact) mass is 374 g/mol. The normalized spacial score (nSPS) is 14.5. The number of nitrogens with zero attached hydrogens (tertiary/aromatic N) is 2. The molecule has 0 saturated carbocycles. The molecule has 3 aromatic rings. The molecule has 2 unspecified atom stereocenters. The van der Waals surface area contributed by atoms with E-state index in [0.717, 1.165) is 25.8 Å². The van der Waals surface area contributed by atoms with Gasteiger partial charge in [-0.05, 0) is 30.4 Å². The first-order valence-corrected chi connectivity index (χ1v) is 10.8. The van der Waals surface area contributed by atoms with E-state index in [0.29, 0.717) is 5.92 Å². The second kappa shape index (κ2) is 9.73. The third-order valence-electron chi connectivity index (χ3n) is 6.01. The van der Waals surface area contributed by atoms with E-state index in [9.17, 15) is 0 Å². The van der Waals surface area contributed by atoms with Crippen LogP contribution in [0.25, 0.3) is 0 Å². The number of aromatic nitrogens is 2. The molecule has 0 spiro atoms. The Morgan fingerprint density at radius 1 is 0.929 bits per heavy atom. The summed E-state index contributed by atoms with van der Waals surface area (Å²) in [5.74, 6) is 1.63. The SMILES string of the molecule is CCCCn1ccnc1C(CCC)C(C)(Cc1ccccc1)c1ccccc1. The molecule has 0 fully saturated rings. The van der Waals surface area contributed by atoms with Gasteiger partial charge in [-0.2, -0.15) is 0 Å². The topological polar surface area (TPSA) is 17.8 Å². The first kappa shape index (κ1) is 20.4. The molecule has 1 heterocycles. The summed E-state index contributed by atoms with van der Waals surface area (Å²) in [6.07, 6.45) is 9.87. The third kappa shape index (κ3) is 4.55. The van der Waals surface area contributed by atoms with Crippen molar-refractivity contribution in [3.63, 3.8) is 0 Å². The number of hydrogen-bond donors (Lipinski definition) is 0. The lowest BCUT2D eigenvalue weighted by Crippen LogP contribution is -2.35. The fraction of sp³-hybridized carbons (Fsp3) is 0.423. The molecule has 2 heteroatoms. The standard InChI is InChI=1S/C26H34N2/c1-4-6-19-28-20-18-27-25(28)24(13-5-2)26(3,23-16-11-8-12-17-23)21-22-14-9-7-10-15-22/h7-12,14-18,20,24H,4-6,13,19,21H2,1-3H3. The second-order valence-electron chi connectivity index (χ2n) is 8.12. The van der Waals surface area contributed by atoms with Crippen molar-refractivity contribution in [3.8, 4) is 0 Å². The largest absolute Gasteiger partial charge is 0.335 e. The van der Waals surface area contributed by atoms with Crippen LogP contribution in [0.5, 0.6) is 0 Å². The lowest BCUT2D eigenvalue weighted by atomic mass is 9.66. The second-order valence-corrected chi connectivity index (χ2v) is 8.12. The first-order chi connectivity index (χ1) is 13.7. The number of aryl methyl sites for hydroxylation is 1. The zero-order valence-corrected chi connectivity index (χ0v) is 17.6. The molecule has 148 valence electrons. The molecule has 0 aliphatic rings. The van der Waals surface area contributed by atoms with Gasteiger partial charge in [-0.15, -0.1) is 0 Å². The van der Waals surface area contributed by atoms with E-state index in [1.807, 2.05) is 6.20 Å². The summed E-state index contributed by atoms with van der Waals surface area (Å²) in [7, 11) is 0. The molecule has 0 aliphatic heterocycles. The maximum atomic E-state index is 4.88. The van der Waals surface area contributed by atoms with Gasteiger partial charge in [-0.3, -0.25) is 0 Å². The Labute approximate surface area is 170 Å². The van der Waals surface area contributed by atoms with Crippen molar-refractivity contribution in [1.29, 1.82) is 0 Å². The number of rotatable bonds is 10. The summed E-state index contributed by atoms with van der Waals surface area (Å²) in [6.45, 7) is 8.04. The average molecular weight is 375 g/mol. The molecule has 0 radical (unpaired) electrons. The number of unbranched alkanes of at least 4 members (excludes halogenated alkanes) is 1. The summed E-state index contributed by atoms with van der Waals surface area (Å²) < 4.78 is 2.40. The van der Waals surface area contributed by atoms with Crippen LogP contribution in [-0.4, -0.2) is 9.55 Å². The molecule has 0 amide bonds. The fourth-order valence-electron chi connectivity index (χ4n) is 4.43. The van der Waals surface area contributed by atoms with Gasteiger partial charge < -0.3 is 4.57 Å². The quantitative estimate of drug-likeness (QED) is 0.383. The molecule has 3 rings (SSSR count). The van der Waals surface area contributed by atoms with Crippen LogP contribution in [0, 0.1) is 0 Å². The summed E-state index contributed by atoms with van der Waals surface area (Å²) in [5, 5.41) is 0. The molecule has 0 N–H and O–H groups in total. The highest BCUT2D eigenvalue weighted by molar-refractivity contribution is 5.33. The Hall–Kier alpha value is -2.35. The Balaban J connectivity index is 2.06. The molecule has 2 nitrogen and oxygen atoms in total. The average Bonchev–Trinajstić information content (AvgIpc) is 3.19. The summed E-state index contributed by atoms with van der Waals surface area (Å²) in [6, 6.07) is 22.0. The van der Waals surface area contributed by atoms with Crippen molar-refractivity contribution < 1.29 is 0 Å². The van der Waals surface area contributed by atoms with E-state index in [1.54, 1.807) is 0 Å². The van der Waals surface area contributed by atoms with Crippen LogP contribution in [-0.2, 0) is 18.4 Å². The lowest BCUT2D eigenvalue weighted by Gasteiger charge is -2.39. The van der Waals surface area contributed by atoms with Crippen molar-refractivity contribution in [2.45, 2.75) is 70.8 Å². The van der Waals surface area contributed by atoms with E-state index in [1.165, 1.54) is 29.8 Å². The smallest absolute Gasteiger partial charge is 0.112 e. The van der Waals surface area contributed by atoms with Crippen molar-refractivity contribution in [1.82, 2.24) is 9.55 Å². The third-order valence-corrected chi connectivity index (χ3v) is 6.01. The van der Waals surface area contributed by atoms with Gasteiger partial charge in [0.05, 0.1) is 0 Å². The molecule has 2 aromatic carbocycles. The van der Waals surface area contributed by atoms with Gasteiger partial charge in [-0.1, -0.05) is 94.3 Å². The van der Waals surface area contributed by atoms with Crippen LogP contribution in [0.1, 0.15) is 69.3 Å². The minimum absolute atomic E-state index is 0.00601. The zero-order chi connectivity index (χ0) is 19.8. The van der Waals surface area contributed by atoms with Gasteiger partial charge in [0, 0.05) is 30.3 Å². The fourth-order valence-corrected chi connectivity index (χ4v) is 4.43. The maximum Gasteiger partial charge on any atom is 0.112 e. The predicted octanol–water partition coefficient (Wildman–Crippen LogP) is 6.77. The molecule has 0 saturated heterocycles. The van der Waals surface area contributed by atoms with E-state index in [-0.39, 0.29) is 5.41 Å². The van der Waals surface area contributed by atoms with Gasteiger partial charge >= 0.3 is 0 Å². The van der Waals surface area contributed by atoms with Crippen molar-refractivity contribution in [2.75, 3.05) is 0 Å². The number of imidazole rings is 1. The predicted molar refractivity (Wildman–Crippen MR) is 119 cm³/mol. The van der Waals surface area contributed by atoms with Crippen LogP contribution >= 0.6 is 0 Å². The summed E-state index contributed by atoms with van der Waals surface area (Å²) in [5.41, 5.74) is 2.79. The first-order valence-electron chi connectivity index (χ1n) is 10.8. The highest BCUT2D eigenvalue weighted by Gasteiger charge is 2.38. The Bertz CT molecular complexity index is 822. The van der Waals surface area contributed by atoms with Gasteiger partial charge in [-0.25, -0.2) is 4.98 Å². The van der Waals surface area contributed by atoms with Crippen LogP contribution < -0.4 is 0 Å². The molecular formula is C26H34N2. The van der Waals surface area contributed by atoms with Crippen LogP contribution in [0.2, 0.25) is 0 Å². The Morgan fingerprint density at radius 3 is 2.25 bits per heavy atom. The molecular weight excluding hydrogens is 340 g/mol. The molecule has 0 bridgehead atoms. The van der Waals surface area contributed by atoms with E-state index < -0.39 is 0 Å². The highest BCUT2D eigenvalue weighted by atomic mass is 15.1. The maximum absolute atomic E-state index is 4.88. The Kier molecular flexibility index (Phi) is 7.08. The molecule has 28 heavy (non-hydrogen) atoms. The number of benzene rings is 2. The van der Waals surface area contributed by atoms with Crippen LogP contribution in [0.4, 0.5) is 0 Å². The molecule has 0 aliphatic carbocycles. The Morgan fingerprint density at radius 2 is 1.61 bits per heavy atom. The van der Waals surface area contributed by atoms with Gasteiger partial charge in [0.1, 0.15) is 5.82 Å². The zero-order valence-electron chi connectivity index (χ0n) is 17.6. The summed E-state index contributed by atoms with van der Waals surface area (Å²) >= 11 is 0. The van der Waals surface area contributed by atoms with Gasteiger partial charge in [0.15, 0.2) is 0 Å². The highest BCUT2D eigenvalue weighted by Crippen LogP contribution is 2.44. The van der Waals surface area contributed by atoms with E-state index >= 15 is 0 Å². The molecule has 1 aromatic heterocycles. The van der Waals surface area contributed by atoms with Crippen molar-refractivity contribution in [3.05, 3.63) is 90.0 Å².